The largest absolute Gasteiger partial charge is 0.366 e. The first kappa shape index (κ1) is 20.6. The average Bonchev–Trinajstić information content (AvgIpc) is 3.05. The molecular formula is C19H22F2N6O2S. The van der Waals surface area contributed by atoms with Gasteiger partial charge in [0, 0.05) is 50.6 Å². The van der Waals surface area contributed by atoms with Crippen LogP contribution in [0.25, 0.3) is 11.0 Å². The highest BCUT2D eigenvalue weighted by atomic mass is 32.2. The number of aryl methyl sites for hydroxylation is 2. The van der Waals surface area contributed by atoms with Crippen LogP contribution in [0.4, 0.5) is 14.6 Å². The summed E-state index contributed by atoms with van der Waals surface area (Å²) in [7, 11) is -2.59. The van der Waals surface area contributed by atoms with Crippen LogP contribution in [0.3, 0.4) is 0 Å². The number of halogens is 2. The van der Waals surface area contributed by atoms with Crippen molar-refractivity contribution < 1.29 is 17.2 Å². The summed E-state index contributed by atoms with van der Waals surface area (Å²) in [4.78, 5) is 13.1. The highest BCUT2D eigenvalue weighted by Crippen LogP contribution is 2.31. The highest BCUT2D eigenvalue weighted by Gasteiger charge is 2.42. The number of rotatable bonds is 7. The zero-order chi connectivity index (χ0) is 21.5. The van der Waals surface area contributed by atoms with Crippen molar-refractivity contribution in [2.24, 2.45) is 7.05 Å². The van der Waals surface area contributed by atoms with Gasteiger partial charge >= 0.3 is 5.76 Å². The van der Waals surface area contributed by atoms with Gasteiger partial charge in [0.1, 0.15) is 11.3 Å². The van der Waals surface area contributed by atoms with Crippen LogP contribution in [0.2, 0.25) is 0 Å². The number of aromatic nitrogens is 4. The lowest BCUT2D eigenvalue weighted by atomic mass is 9.95. The maximum atomic E-state index is 12.6. The monoisotopic (exact) mass is 436 g/mol. The van der Waals surface area contributed by atoms with Gasteiger partial charge in [-0.05, 0) is 23.6 Å². The summed E-state index contributed by atoms with van der Waals surface area (Å²) in [6, 6.07) is 3.87. The molecule has 160 valence electrons. The molecule has 11 heteroatoms. The van der Waals surface area contributed by atoms with Gasteiger partial charge in [-0.3, -0.25) is 4.98 Å². The van der Waals surface area contributed by atoms with Crippen molar-refractivity contribution >= 4 is 26.9 Å². The number of sulfonamides is 1. The SMILES string of the molecule is CCc1cc(C2CN(S(=O)(=O)C(F)F)C2)ncc1CNc1cc2c(cn1)ncn2C. The molecule has 8 nitrogen and oxygen atoms in total. The first-order chi connectivity index (χ1) is 14.3. The third-order valence-corrected chi connectivity index (χ3v) is 6.88. The smallest absolute Gasteiger partial charge is 0.350 e. The van der Waals surface area contributed by atoms with E-state index < -0.39 is 15.8 Å². The van der Waals surface area contributed by atoms with Crippen molar-refractivity contribution in [2.75, 3.05) is 18.4 Å². The van der Waals surface area contributed by atoms with E-state index in [9.17, 15) is 17.2 Å². The summed E-state index contributed by atoms with van der Waals surface area (Å²) in [5.41, 5.74) is 4.61. The molecule has 1 saturated heterocycles. The van der Waals surface area contributed by atoms with Gasteiger partial charge in [-0.2, -0.15) is 13.1 Å². The van der Waals surface area contributed by atoms with Crippen molar-refractivity contribution in [1.82, 2.24) is 23.8 Å². The summed E-state index contributed by atoms with van der Waals surface area (Å²) in [5.74, 6) is -2.82. The molecule has 4 rings (SSSR count). The molecule has 0 saturated carbocycles. The quantitative estimate of drug-likeness (QED) is 0.612. The van der Waals surface area contributed by atoms with E-state index in [0.29, 0.717) is 6.54 Å². The van der Waals surface area contributed by atoms with E-state index in [2.05, 4.69) is 20.3 Å². The van der Waals surface area contributed by atoms with Crippen molar-refractivity contribution in [1.29, 1.82) is 0 Å². The zero-order valence-electron chi connectivity index (χ0n) is 16.6. The molecule has 1 aliphatic heterocycles. The maximum absolute atomic E-state index is 12.6. The van der Waals surface area contributed by atoms with Gasteiger partial charge in [0.2, 0.25) is 0 Å². The summed E-state index contributed by atoms with van der Waals surface area (Å²) >= 11 is 0. The topological polar surface area (TPSA) is 93.0 Å². The number of fused-ring (bicyclic) bond motifs is 1. The zero-order valence-corrected chi connectivity index (χ0v) is 17.4. The summed E-state index contributed by atoms with van der Waals surface area (Å²) < 4.78 is 51.0. The van der Waals surface area contributed by atoms with E-state index in [-0.39, 0.29) is 19.0 Å². The Morgan fingerprint density at radius 3 is 2.63 bits per heavy atom. The normalized spacial score (nSPS) is 15.6. The van der Waals surface area contributed by atoms with Gasteiger partial charge in [-0.25, -0.2) is 18.4 Å². The number of anilines is 1. The minimum absolute atomic E-state index is 0.0368. The van der Waals surface area contributed by atoms with Crippen molar-refractivity contribution in [3.05, 3.63) is 47.7 Å². The molecule has 0 bridgehead atoms. The number of nitrogens with one attached hydrogen (secondary N) is 1. The average molecular weight is 436 g/mol. The third kappa shape index (κ3) is 3.74. The van der Waals surface area contributed by atoms with E-state index in [1.807, 2.05) is 30.7 Å². The van der Waals surface area contributed by atoms with Crippen LogP contribution < -0.4 is 5.32 Å². The van der Waals surface area contributed by atoms with E-state index in [0.717, 1.165) is 44.4 Å². The lowest BCUT2D eigenvalue weighted by Crippen LogP contribution is -2.50. The minimum Gasteiger partial charge on any atom is -0.366 e. The Balaban J connectivity index is 1.44. The van der Waals surface area contributed by atoms with Crippen molar-refractivity contribution in [3.8, 4) is 0 Å². The van der Waals surface area contributed by atoms with Crippen molar-refractivity contribution in [2.45, 2.75) is 31.6 Å². The van der Waals surface area contributed by atoms with Gasteiger partial charge in [-0.1, -0.05) is 6.92 Å². The summed E-state index contributed by atoms with van der Waals surface area (Å²) in [6.07, 6.45) is 5.98. The number of hydrogen-bond donors (Lipinski definition) is 1. The van der Waals surface area contributed by atoms with E-state index in [1.54, 1.807) is 18.7 Å². The van der Waals surface area contributed by atoms with Gasteiger partial charge in [-0.15, -0.1) is 0 Å². The van der Waals surface area contributed by atoms with E-state index in [4.69, 9.17) is 0 Å². The van der Waals surface area contributed by atoms with Crippen LogP contribution in [0.15, 0.2) is 30.9 Å². The fourth-order valence-electron chi connectivity index (χ4n) is 3.51. The number of hydrogen-bond acceptors (Lipinski definition) is 6. The van der Waals surface area contributed by atoms with Gasteiger partial charge in [0.15, 0.2) is 0 Å². The molecule has 0 unspecified atom stereocenters. The maximum Gasteiger partial charge on any atom is 0.350 e. The molecular weight excluding hydrogens is 414 g/mol. The molecule has 3 aromatic rings. The first-order valence-corrected chi connectivity index (χ1v) is 11.1. The Morgan fingerprint density at radius 2 is 1.93 bits per heavy atom. The first-order valence-electron chi connectivity index (χ1n) is 9.55. The van der Waals surface area contributed by atoms with Gasteiger partial charge in [0.05, 0.1) is 18.0 Å². The van der Waals surface area contributed by atoms with Crippen LogP contribution in [0.1, 0.15) is 29.7 Å². The molecule has 0 aliphatic carbocycles. The molecule has 3 aromatic heterocycles. The Morgan fingerprint density at radius 1 is 1.17 bits per heavy atom. The Kier molecular flexibility index (Phi) is 5.41. The second kappa shape index (κ2) is 7.88. The second-order valence-electron chi connectivity index (χ2n) is 7.32. The lowest BCUT2D eigenvalue weighted by molar-refractivity contribution is 0.192. The fraction of sp³-hybridized carbons (Fsp3) is 0.421. The van der Waals surface area contributed by atoms with Gasteiger partial charge in [0.25, 0.3) is 10.0 Å². The van der Waals surface area contributed by atoms with E-state index in [1.165, 1.54) is 0 Å². The second-order valence-corrected chi connectivity index (χ2v) is 9.22. The molecule has 0 atom stereocenters. The molecule has 0 amide bonds. The molecule has 4 heterocycles. The predicted octanol–water partition coefficient (Wildman–Crippen LogP) is 2.49. The standard InChI is InChI=1S/C19H22F2N6O2S/c1-3-12-4-15(14-9-27(10-14)30(28,29)19(20)21)22-6-13(12)7-23-18-5-17-16(8-24-18)25-11-26(17)2/h4-6,8,11,14,19H,3,7,9-10H2,1-2H3,(H,23,24). The summed E-state index contributed by atoms with van der Waals surface area (Å²) in [5, 5.41) is 3.30. The Hall–Kier alpha value is -2.66. The summed E-state index contributed by atoms with van der Waals surface area (Å²) in [6.45, 7) is 2.63. The van der Waals surface area contributed by atoms with Crippen molar-refractivity contribution in [3.63, 3.8) is 0 Å². The minimum atomic E-state index is -4.51. The molecule has 1 aliphatic rings. The van der Waals surface area contributed by atoms with Crippen LogP contribution in [-0.2, 0) is 30.0 Å². The predicted molar refractivity (Wildman–Crippen MR) is 109 cm³/mol. The fourth-order valence-corrected chi connectivity index (χ4v) is 4.51. The Labute approximate surface area is 173 Å². The van der Waals surface area contributed by atoms with Gasteiger partial charge < -0.3 is 9.88 Å². The number of alkyl halides is 2. The molecule has 30 heavy (non-hydrogen) atoms. The number of nitrogens with zero attached hydrogens (tertiary/aromatic N) is 5. The van der Waals surface area contributed by atoms with Crippen LogP contribution in [-0.4, -0.2) is 51.1 Å². The number of pyridine rings is 2. The molecule has 1 N–H and O–H groups in total. The number of imidazole rings is 1. The molecule has 1 fully saturated rings. The third-order valence-electron chi connectivity index (χ3n) is 5.41. The van der Waals surface area contributed by atoms with E-state index >= 15 is 0 Å². The van der Waals surface area contributed by atoms with Crippen LogP contribution >= 0.6 is 0 Å². The van der Waals surface area contributed by atoms with Crippen LogP contribution in [0.5, 0.6) is 0 Å². The lowest BCUT2D eigenvalue weighted by Gasteiger charge is -2.37. The van der Waals surface area contributed by atoms with Crippen LogP contribution in [0, 0.1) is 0 Å². The highest BCUT2D eigenvalue weighted by molar-refractivity contribution is 7.89. The Bertz CT molecular complexity index is 1170. The molecule has 0 aromatic carbocycles. The molecule has 0 spiro atoms. The molecule has 0 radical (unpaired) electrons.